The van der Waals surface area contributed by atoms with Crippen LogP contribution in [0.1, 0.15) is 43.2 Å². The van der Waals surface area contributed by atoms with Crippen LogP contribution in [0.15, 0.2) is 65.2 Å². The molecule has 1 amide bonds. The molecule has 0 aliphatic heterocycles. The van der Waals surface area contributed by atoms with Gasteiger partial charge in [0.15, 0.2) is 5.82 Å². The van der Waals surface area contributed by atoms with Gasteiger partial charge in [-0.15, -0.1) is 0 Å². The molecule has 4 nitrogen and oxygen atoms in total. The van der Waals surface area contributed by atoms with E-state index in [1.807, 2.05) is 51.1 Å². The fourth-order valence-electron chi connectivity index (χ4n) is 2.71. The summed E-state index contributed by atoms with van der Waals surface area (Å²) in [4.78, 5) is 14.3. The van der Waals surface area contributed by atoms with E-state index in [1.165, 1.54) is 17.0 Å². The summed E-state index contributed by atoms with van der Waals surface area (Å²) in [5.41, 5.74) is 0.106. The van der Waals surface area contributed by atoms with Crippen molar-refractivity contribution in [1.82, 2.24) is 5.16 Å². The Hall–Kier alpha value is -3.53. The number of hydrogen-bond acceptors (Lipinski definition) is 3. The predicted octanol–water partition coefficient (Wildman–Crippen LogP) is 5.58. The number of anilines is 1. The topological polar surface area (TPSA) is 46.3 Å². The van der Waals surface area contributed by atoms with Crippen molar-refractivity contribution in [2.45, 2.75) is 38.9 Å². The standard InChI is InChI=1S/C24H21F3N2O2/c1-23(2,3)20-15-21(28-31-20)29(16-18-7-5-4-6-8-18)22(30)14-11-17-9-12-19(13-10-17)24(25,26)27/h4-10,12-13,15H,16H2,1-3H3. The number of alkyl halides is 3. The third kappa shape index (κ3) is 5.76. The van der Waals surface area contributed by atoms with Crippen LogP contribution in [0.4, 0.5) is 19.0 Å². The lowest BCUT2D eigenvalue weighted by Gasteiger charge is -2.17. The van der Waals surface area contributed by atoms with Crippen LogP contribution in [0.2, 0.25) is 0 Å². The van der Waals surface area contributed by atoms with Crippen LogP contribution in [-0.4, -0.2) is 11.1 Å². The average molecular weight is 426 g/mol. The van der Waals surface area contributed by atoms with Crippen molar-refractivity contribution in [1.29, 1.82) is 0 Å². The van der Waals surface area contributed by atoms with E-state index in [0.717, 1.165) is 17.7 Å². The number of amides is 1. The van der Waals surface area contributed by atoms with E-state index in [-0.39, 0.29) is 12.0 Å². The van der Waals surface area contributed by atoms with Crippen molar-refractivity contribution < 1.29 is 22.5 Å². The fraction of sp³-hybridized carbons (Fsp3) is 0.250. The third-order valence-electron chi connectivity index (χ3n) is 4.47. The molecule has 160 valence electrons. The molecule has 0 radical (unpaired) electrons. The molecular weight excluding hydrogens is 405 g/mol. The zero-order valence-electron chi connectivity index (χ0n) is 17.3. The van der Waals surface area contributed by atoms with Crippen molar-refractivity contribution in [2.24, 2.45) is 0 Å². The van der Waals surface area contributed by atoms with E-state index in [1.54, 1.807) is 6.07 Å². The Morgan fingerprint density at radius 1 is 1.03 bits per heavy atom. The summed E-state index contributed by atoms with van der Waals surface area (Å²) in [7, 11) is 0. The van der Waals surface area contributed by atoms with Crippen molar-refractivity contribution in [3.63, 3.8) is 0 Å². The van der Waals surface area contributed by atoms with E-state index in [4.69, 9.17) is 4.52 Å². The van der Waals surface area contributed by atoms with E-state index in [0.29, 0.717) is 17.1 Å². The molecule has 2 aromatic carbocycles. The van der Waals surface area contributed by atoms with E-state index in [9.17, 15) is 18.0 Å². The highest BCUT2D eigenvalue weighted by molar-refractivity contribution is 6.05. The normalized spacial score (nSPS) is 11.5. The molecule has 3 aromatic rings. The molecule has 0 bridgehead atoms. The zero-order valence-corrected chi connectivity index (χ0v) is 17.3. The average Bonchev–Trinajstić information content (AvgIpc) is 3.21. The molecule has 1 aromatic heterocycles. The molecule has 0 aliphatic carbocycles. The number of aromatic nitrogens is 1. The highest BCUT2D eigenvalue weighted by Gasteiger charge is 2.30. The number of rotatable bonds is 3. The van der Waals surface area contributed by atoms with Crippen LogP contribution < -0.4 is 4.90 Å². The summed E-state index contributed by atoms with van der Waals surface area (Å²) in [6.07, 6.45) is -4.42. The summed E-state index contributed by atoms with van der Waals surface area (Å²) >= 11 is 0. The van der Waals surface area contributed by atoms with Crippen LogP contribution in [0.25, 0.3) is 0 Å². The predicted molar refractivity (Wildman–Crippen MR) is 111 cm³/mol. The Bertz CT molecular complexity index is 1100. The Kier molecular flexibility index (Phi) is 6.21. The van der Waals surface area contributed by atoms with Crippen LogP contribution in [0.3, 0.4) is 0 Å². The van der Waals surface area contributed by atoms with Gasteiger partial charge in [0.25, 0.3) is 0 Å². The molecule has 7 heteroatoms. The van der Waals surface area contributed by atoms with Crippen LogP contribution in [0.5, 0.6) is 0 Å². The molecule has 0 aliphatic rings. The van der Waals surface area contributed by atoms with Crippen LogP contribution in [-0.2, 0) is 22.9 Å². The van der Waals surface area contributed by atoms with Gasteiger partial charge in [-0.1, -0.05) is 62.2 Å². The highest BCUT2D eigenvalue weighted by Crippen LogP contribution is 2.29. The summed E-state index contributed by atoms with van der Waals surface area (Å²) in [5.74, 6) is 5.52. The van der Waals surface area contributed by atoms with Crippen molar-refractivity contribution in [3.8, 4) is 11.8 Å². The minimum atomic E-state index is -4.42. The van der Waals surface area contributed by atoms with Crippen LogP contribution >= 0.6 is 0 Å². The first-order chi connectivity index (χ1) is 14.5. The first kappa shape index (κ1) is 22.2. The van der Waals surface area contributed by atoms with E-state index < -0.39 is 17.6 Å². The fourth-order valence-corrected chi connectivity index (χ4v) is 2.71. The van der Waals surface area contributed by atoms with Crippen molar-refractivity contribution >= 4 is 11.7 Å². The smallest absolute Gasteiger partial charge is 0.359 e. The second-order valence-electron chi connectivity index (χ2n) is 8.00. The largest absolute Gasteiger partial charge is 0.416 e. The number of carbonyl (C=O) groups excluding carboxylic acids is 1. The second-order valence-corrected chi connectivity index (χ2v) is 8.00. The second kappa shape index (κ2) is 8.68. The Morgan fingerprint density at radius 3 is 2.23 bits per heavy atom. The molecule has 1 heterocycles. The maximum Gasteiger partial charge on any atom is 0.416 e. The van der Waals surface area contributed by atoms with Gasteiger partial charge in [-0.2, -0.15) is 13.2 Å². The van der Waals surface area contributed by atoms with Gasteiger partial charge >= 0.3 is 12.1 Å². The van der Waals surface area contributed by atoms with E-state index in [2.05, 4.69) is 17.0 Å². The Morgan fingerprint density at radius 2 is 1.68 bits per heavy atom. The summed E-state index contributed by atoms with van der Waals surface area (Å²) in [6, 6.07) is 15.4. The lowest BCUT2D eigenvalue weighted by atomic mass is 9.93. The number of hydrogen-bond donors (Lipinski definition) is 0. The molecular formula is C24H21F3N2O2. The number of nitrogens with zero attached hydrogens (tertiary/aromatic N) is 2. The van der Waals surface area contributed by atoms with Crippen molar-refractivity contribution in [2.75, 3.05) is 4.90 Å². The summed E-state index contributed by atoms with van der Waals surface area (Å²) < 4.78 is 43.5. The lowest BCUT2D eigenvalue weighted by molar-refractivity contribution is -0.137. The molecule has 0 atom stereocenters. The number of carbonyl (C=O) groups is 1. The van der Waals surface area contributed by atoms with Crippen molar-refractivity contribution in [3.05, 3.63) is 83.1 Å². The van der Waals surface area contributed by atoms with Gasteiger partial charge < -0.3 is 4.52 Å². The minimum Gasteiger partial charge on any atom is -0.359 e. The van der Waals surface area contributed by atoms with E-state index >= 15 is 0 Å². The summed E-state index contributed by atoms with van der Waals surface area (Å²) in [5, 5.41) is 4.03. The molecule has 0 fully saturated rings. The van der Waals surface area contributed by atoms with Gasteiger partial charge in [-0.25, -0.2) is 0 Å². The third-order valence-corrected chi connectivity index (χ3v) is 4.47. The molecule has 0 unspecified atom stereocenters. The first-order valence-corrected chi connectivity index (χ1v) is 9.56. The van der Waals surface area contributed by atoms with Gasteiger partial charge in [0, 0.05) is 23.0 Å². The Labute approximate surface area is 178 Å². The SMILES string of the molecule is CC(C)(C)c1cc(N(Cc2ccccc2)C(=O)C#Cc2ccc(C(F)(F)F)cc2)no1. The maximum absolute atomic E-state index is 12.9. The Balaban J connectivity index is 1.88. The highest BCUT2D eigenvalue weighted by atomic mass is 19.4. The van der Waals surface area contributed by atoms with Gasteiger partial charge in [0.1, 0.15) is 5.76 Å². The van der Waals surface area contributed by atoms with Gasteiger partial charge in [0.2, 0.25) is 0 Å². The summed E-state index contributed by atoms with van der Waals surface area (Å²) in [6.45, 7) is 6.11. The molecule has 0 spiro atoms. The maximum atomic E-state index is 12.9. The van der Waals surface area contributed by atoms with Gasteiger partial charge in [-0.3, -0.25) is 9.69 Å². The molecule has 3 rings (SSSR count). The van der Waals surface area contributed by atoms with Crippen LogP contribution in [0, 0.1) is 11.8 Å². The number of benzene rings is 2. The van der Waals surface area contributed by atoms with Gasteiger partial charge in [0.05, 0.1) is 12.1 Å². The monoisotopic (exact) mass is 426 g/mol. The molecule has 0 saturated heterocycles. The first-order valence-electron chi connectivity index (χ1n) is 9.56. The molecule has 0 saturated carbocycles. The molecule has 31 heavy (non-hydrogen) atoms. The quantitative estimate of drug-likeness (QED) is 0.514. The zero-order chi connectivity index (χ0) is 22.6. The van der Waals surface area contributed by atoms with Gasteiger partial charge in [-0.05, 0) is 29.8 Å². The molecule has 0 N–H and O–H groups in total. The number of halogens is 3. The minimum absolute atomic E-state index is 0.220. The lowest BCUT2D eigenvalue weighted by Crippen LogP contribution is -2.29.